The Morgan fingerprint density at radius 1 is 1.07 bits per heavy atom. The van der Waals surface area contributed by atoms with Gasteiger partial charge in [0.1, 0.15) is 5.75 Å². The third kappa shape index (κ3) is 2.62. The Bertz CT molecular complexity index is 337. The SMILES string of the molecule is CC1C=CC(c2ccc(O)cc2)CCC1. The van der Waals surface area contributed by atoms with Crippen molar-refractivity contribution in [2.24, 2.45) is 5.92 Å². The highest BCUT2D eigenvalue weighted by molar-refractivity contribution is 5.30. The number of phenols is 1. The van der Waals surface area contributed by atoms with Crippen LogP contribution in [0.5, 0.6) is 5.75 Å². The van der Waals surface area contributed by atoms with Crippen LogP contribution in [0.1, 0.15) is 37.7 Å². The van der Waals surface area contributed by atoms with Gasteiger partial charge in [-0.2, -0.15) is 0 Å². The number of phenolic OH excluding ortho intramolecular Hbond substituents is 1. The Kier molecular flexibility index (Phi) is 3.10. The summed E-state index contributed by atoms with van der Waals surface area (Å²) in [4.78, 5) is 0. The Hall–Kier alpha value is -1.24. The molecule has 2 atom stereocenters. The van der Waals surface area contributed by atoms with Gasteiger partial charge in [0.25, 0.3) is 0 Å². The highest BCUT2D eigenvalue weighted by Crippen LogP contribution is 2.29. The summed E-state index contributed by atoms with van der Waals surface area (Å²) in [7, 11) is 0. The molecule has 0 fully saturated rings. The van der Waals surface area contributed by atoms with Crippen molar-refractivity contribution in [3.8, 4) is 5.75 Å². The molecule has 0 spiro atoms. The van der Waals surface area contributed by atoms with Gasteiger partial charge in [-0.1, -0.05) is 37.6 Å². The van der Waals surface area contributed by atoms with Crippen LogP contribution in [0.2, 0.25) is 0 Å². The van der Waals surface area contributed by atoms with Gasteiger partial charge in [0.15, 0.2) is 0 Å². The fourth-order valence-corrected chi connectivity index (χ4v) is 2.18. The van der Waals surface area contributed by atoms with Gasteiger partial charge in [0, 0.05) is 5.92 Å². The van der Waals surface area contributed by atoms with Crippen LogP contribution < -0.4 is 0 Å². The summed E-state index contributed by atoms with van der Waals surface area (Å²) in [5, 5.41) is 9.23. The molecule has 2 rings (SSSR count). The van der Waals surface area contributed by atoms with Crippen LogP contribution in [0.3, 0.4) is 0 Å². The first-order chi connectivity index (χ1) is 7.25. The minimum absolute atomic E-state index is 0.352. The molecule has 1 nitrogen and oxygen atoms in total. The average Bonchev–Trinajstić information content (AvgIpc) is 2.44. The smallest absolute Gasteiger partial charge is 0.115 e. The Morgan fingerprint density at radius 2 is 1.80 bits per heavy atom. The van der Waals surface area contributed by atoms with E-state index in [0.717, 1.165) is 0 Å². The molecule has 1 N–H and O–H groups in total. The van der Waals surface area contributed by atoms with Gasteiger partial charge in [-0.3, -0.25) is 0 Å². The molecule has 0 saturated heterocycles. The van der Waals surface area contributed by atoms with Crippen LogP contribution in [0, 0.1) is 5.92 Å². The zero-order valence-electron chi connectivity index (χ0n) is 9.19. The number of allylic oxidation sites excluding steroid dienone is 2. The van der Waals surface area contributed by atoms with E-state index in [4.69, 9.17) is 0 Å². The van der Waals surface area contributed by atoms with Gasteiger partial charge < -0.3 is 5.11 Å². The predicted molar refractivity (Wildman–Crippen MR) is 63.0 cm³/mol. The van der Waals surface area contributed by atoms with Crippen LogP contribution >= 0.6 is 0 Å². The molecule has 1 aromatic rings. The Balaban J connectivity index is 2.16. The molecule has 0 heterocycles. The van der Waals surface area contributed by atoms with Gasteiger partial charge in [-0.05, 0) is 36.5 Å². The maximum absolute atomic E-state index is 9.23. The molecule has 1 aromatic carbocycles. The predicted octanol–water partition coefficient (Wildman–Crippen LogP) is 3.85. The lowest BCUT2D eigenvalue weighted by Crippen LogP contribution is -1.93. The number of rotatable bonds is 1. The zero-order valence-corrected chi connectivity index (χ0v) is 9.19. The zero-order chi connectivity index (χ0) is 10.7. The maximum atomic E-state index is 9.23. The quantitative estimate of drug-likeness (QED) is 0.686. The highest BCUT2D eigenvalue weighted by Gasteiger charge is 2.12. The molecule has 15 heavy (non-hydrogen) atoms. The lowest BCUT2D eigenvalue weighted by Gasteiger charge is -2.10. The van der Waals surface area contributed by atoms with Crippen molar-refractivity contribution in [1.29, 1.82) is 0 Å². The van der Waals surface area contributed by atoms with Crippen molar-refractivity contribution < 1.29 is 5.11 Å². The van der Waals surface area contributed by atoms with Crippen molar-refractivity contribution in [2.45, 2.75) is 32.1 Å². The fourth-order valence-electron chi connectivity index (χ4n) is 2.18. The van der Waals surface area contributed by atoms with E-state index >= 15 is 0 Å². The van der Waals surface area contributed by atoms with Crippen molar-refractivity contribution >= 4 is 0 Å². The van der Waals surface area contributed by atoms with Gasteiger partial charge in [0.2, 0.25) is 0 Å². The molecule has 80 valence electrons. The number of hydrogen-bond acceptors (Lipinski definition) is 1. The van der Waals surface area contributed by atoms with Crippen LogP contribution in [-0.2, 0) is 0 Å². The molecule has 1 heteroatoms. The molecule has 0 aromatic heterocycles. The number of aromatic hydroxyl groups is 1. The summed E-state index contributed by atoms with van der Waals surface area (Å²) in [5.41, 5.74) is 1.32. The van der Waals surface area contributed by atoms with E-state index in [1.165, 1.54) is 24.8 Å². The standard InChI is InChI=1S/C14H18O/c1-11-3-2-4-12(6-5-11)13-7-9-14(15)10-8-13/h5-12,15H,2-4H2,1H3. The lowest BCUT2D eigenvalue weighted by molar-refractivity contribution is 0.475. The Morgan fingerprint density at radius 3 is 2.53 bits per heavy atom. The monoisotopic (exact) mass is 202 g/mol. The maximum Gasteiger partial charge on any atom is 0.115 e. The van der Waals surface area contributed by atoms with Gasteiger partial charge >= 0.3 is 0 Å². The van der Waals surface area contributed by atoms with E-state index < -0.39 is 0 Å². The van der Waals surface area contributed by atoms with Crippen LogP contribution in [0.4, 0.5) is 0 Å². The first kappa shape index (κ1) is 10.3. The summed E-state index contributed by atoms with van der Waals surface area (Å²) >= 11 is 0. The molecule has 0 aliphatic heterocycles. The van der Waals surface area contributed by atoms with Crippen molar-refractivity contribution in [3.63, 3.8) is 0 Å². The van der Waals surface area contributed by atoms with Crippen LogP contribution in [0.15, 0.2) is 36.4 Å². The number of benzene rings is 1. The molecular weight excluding hydrogens is 184 g/mol. The largest absolute Gasteiger partial charge is 0.508 e. The van der Waals surface area contributed by atoms with Crippen LogP contribution in [-0.4, -0.2) is 5.11 Å². The molecule has 2 unspecified atom stereocenters. The van der Waals surface area contributed by atoms with E-state index in [1.807, 2.05) is 12.1 Å². The second-order valence-electron chi connectivity index (χ2n) is 4.49. The minimum atomic E-state index is 0.352. The van der Waals surface area contributed by atoms with E-state index in [1.54, 1.807) is 12.1 Å². The van der Waals surface area contributed by atoms with Crippen molar-refractivity contribution in [1.82, 2.24) is 0 Å². The summed E-state index contributed by atoms with van der Waals surface area (Å²) in [6.45, 7) is 2.27. The van der Waals surface area contributed by atoms with Gasteiger partial charge in [-0.25, -0.2) is 0 Å². The first-order valence-corrected chi connectivity index (χ1v) is 5.73. The molecule has 1 aliphatic rings. The van der Waals surface area contributed by atoms with Crippen molar-refractivity contribution in [3.05, 3.63) is 42.0 Å². The van der Waals surface area contributed by atoms with Gasteiger partial charge in [0.05, 0.1) is 0 Å². The fraction of sp³-hybridized carbons (Fsp3) is 0.429. The minimum Gasteiger partial charge on any atom is -0.508 e. The average molecular weight is 202 g/mol. The number of hydrogen-bond donors (Lipinski definition) is 1. The third-order valence-corrected chi connectivity index (χ3v) is 3.17. The summed E-state index contributed by atoms with van der Waals surface area (Å²) < 4.78 is 0. The summed E-state index contributed by atoms with van der Waals surface area (Å²) in [5.74, 6) is 1.60. The second-order valence-corrected chi connectivity index (χ2v) is 4.49. The van der Waals surface area contributed by atoms with Gasteiger partial charge in [-0.15, -0.1) is 0 Å². The second kappa shape index (κ2) is 4.52. The normalized spacial score (nSPS) is 26.2. The topological polar surface area (TPSA) is 20.2 Å². The first-order valence-electron chi connectivity index (χ1n) is 5.73. The van der Waals surface area contributed by atoms with Crippen molar-refractivity contribution in [2.75, 3.05) is 0 Å². The summed E-state index contributed by atoms with van der Waals surface area (Å²) in [6, 6.07) is 7.61. The molecule has 0 radical (unpaired) electrons. The molecule has 0 bridgehead atoms. The summed E-state index contributed by atoms with van der Waals surface area (Å²) in [6.07, 6.45) is 8.46. The van der Waals surface area contributed by atoms with E-state index in [-0.39, 0.29) is 0 Å². The molecular formula is C14H18O. The molecule has 1 aliphatic carbocycles. The highest BCUT2D eigenvalue weighted by atomic mass is 16.3. The van der Waals surface area contributed by atoms with Crippen LogP contribution in [0.25, 0.3) is 0 Å². The molecule has 0 amide bonds. The Labute approximate surface area is 91.4 Å². The van der Waals surface area contributed by atoms with E-state index in [0.29, 0.717) is 17.6 Å². The van der Waals surface area contributed by atoms with E-state index in [9.17, 15) is 5.11 Å². The third-order valence-electron chi connectivity index (χ3n) is 3.17. The molecule has 0 saturated carbocycles. The lowest BCUT2D eigenvalue weighted by atomic mass is 9.95. The van der Waals surface area contributed by atoms with E-state index in [2.05, 4.69) is 19.1 Å².